The standard InChI is InChI=1S/C14H27NO/c1-12-6-5-10-14(16,11-7-12)13(15)8-3-2-4-9-13/h12,16H,2-11,15H2,1H3. The number of hydrogen-bond acceptors (Lipinski definition) is 2. The van der Waals surface area contributed by atoms with E-state index in [0.717, 1.165) is 44.4 Å². The van der Waals surface area contributed by atoms with Gasteiger partial charge in [0.05, 0.1) is 5.60 Å². The van der Waals surface area contributed by atoms with Gasteiger partial charge in [-0.25, -0.2) is 0 Å². The molecule has 2 heteroatoms. The Balaban J connectivity index is 2.09. The van der Waals surface area contributed by atoms with Gasteiger partial charge in [-0.3, -0.25) is 0 Å². The molecule has 16 heavy (non-hydrogen) atoms. The minimum atomic E-state index is -0.571. The average Bonchev–Trinajstić information content (AvgIpc) is 2.43. The first-order chi connectivity index (χ1) is 7.56. The van der Waals surface area contributed by atoms with Gasteiger partial charge >= 0.3 is 0 Å². The summed E-state index contributed by atoms with van der Waals surface area (Å²) in [5.41, 5.74) is 5.68. The van der Waals surface area contributed by atoms with Crippen LogP contribution in [0.4, 0.5) is 0 Å². The molecule has 2 rings (SSSR count). The molecule has 0 aliphatic heterocycles. The fraction of sp³-hybridized carbons (Fsp3) is 1.00. The van der Waals surface area contributed by atoms with Gasteiger partial charge in [-0.1, -0.05) is 39.0 Å². The van der Waals surface area contributed by atoms with Gasteiger partial charge in [0.15, 0.2) is 0 Å². The first-order valence-corrected chi connectivity index (χ1v) is 7.07. The van der Waals surface area contributed by atoms with E-state index in [1.165, 1.54) is 25.7 Å². The second-order valence-corrected chi connectivity index (χ2v) is 6.28. The molecule has 0 aromatic rings. The van der Waals surface area contributed by atoms with Crippen LogP contribution >= 0.6 is 0 Å². The SMILES string of the molecule is CC1CCCC(O)(C2(N)CCCCC2)CC1. The topological polar surface area (TPSA) is 46.2 Å². The lowest BCUT2D eigenvalue weighted by molar-refractivity contribution is -0.0636. The van der Waals surface area contributed by atoms with Gasteiger partial charge in [-0.2, -0.15) is 0 Å². The minimum absolute atomic E-state index is 0.282. The van der Waals surface area contributed by atoms with Crippen molar-refractivity contribution in [1.29, 1.82) is 0 Å². The van der Waals surface area contributed by atoms with Crippen LogP contribution in [0.25, 0.3) is 0 Å². The number of rotatable bonds is 1. The molecule has 0 bridgehead atoms. The molecule has 0 aromatic heterocycles. The maximum Gasteiger partial charge on any atom is 0.0826 e. The smallest absolute Gasteiger partial charge is 0.0826 e. The molecule has 3 N–H and O–H groups in total. The number of hydrogen-bond donors (Lipinski definition) is 2. The third kappa shape index (κ3) is 2.28. The highest BCUT2D eigenvalue weighted by molar-refractivity contribution is 5.05. The van der Waals surface area contributed by atoms with Crippen molar-refractivity contribution < 1.29 is 5.11 Å². The van der Waals surface area contributed by atoms with Gasteiger partial charge < -0.3 is 10.8 Å². The Labute approximate surface area is 99.6 Å². The van der Waals surface area contributed by atoms with Crippen LogP contribution in [0.2, 0.25) is 0 Å². The van der Waals surface area contributed by atoms with Crippen LogP contribution < -0.4 is 5.73 Å². The molecule has 0 spiro atoms. The number of nitrogens with two attached hydrogens (primary N) is 1. The molecule has 0 saturated heterocycles. The van der Waals surface area contributed by atoms with E-state index in [1.54, 1.807) is 0 Å². The van der Waals surface area contributed by atoms with Crippen molar-refractivity contribution >= 4 is 0 Å². The van der Waals surface area contributed by atoms with Crippen LogP contribution in [0.1, 0.15) is 71.1 Å². The summed E-state index contributed by atoms with van der Waals surface area (Å²) in [7, 11) is 0. The van der Waals surface area contributed by atoms with E-state index in [9.17, 15) is 5.11 Å². The van der Waals surface area contributed by atoms with E-state index in [-0.39, 0.29) is 5.54 Å². The molecular weight excluding hydrogens is 198 g/mol. The monoisotopic (exact) mass is 225 g/mol. The molecular formula is C14H27NO. The third-order valence-electron chi connectivity index (χ3n) is 5.01. The van der Waals surface area contributed by atoms with Crippen LogP contribution in [0.5, 0.6) is 0 Å². The summed E-state index contributed by atoms with van der Waals surface area (Å²) in [6.45, 7) is 2.30. The second kappa shape index (κ2) is 4.66. The Morgan fingerprint density at radius 2 is 1.62 bits per heavy atom. The van der Waals surface area contributed by atoms with Crippen molar-refractivity contribution in [3.63, 3.8) is 0 Å². The third-order valence-corrected chi connectivity index (χ3v) is 5.01. The quantitative estimate of drug-likeness (QED) is 0.674. The van der Waals surface area contributed by atoms with E-state index < -0.39 is 5.60 Å². The Morgan fingerprint density at radius 3 is 2.31 bits per heavy atom. The van der Waals surface area contributed by atoms with Crippen molar-refractivity contribution in [2.45, 2.75) is 82.3 Å². The van der Waals surface area contributed by atoms with E-state index >= 15 is 0 Å². The van der Waals surface area contributed by atoms with Crippen molar-refractivity contribution in [1.82, 2.24) is 0 Å². The van der Waals surface area contributed by atoms with Crippen molar-refractivity contribution in [3.05, 3.63) is 0 Å². The molecule has 0 heterocycles. The van der Waals surface area contributed by atoms with Crippen LogP contribution in [0.15, 0.2) is 0 Å². The van der Waals surface area contributed by atoms with Crippen molar-refractivity contribution in [2.24, 2.45) is 11.7 Å². The first kappa shape index (κ1) is 12.4. The lowest BCUT2D eigenvalue weighted by Crippen LogP contribution is -2.61. The molecule has 94 valence electrons. The summed E-state index contributed by atoms with van der Waals surface area (Å²) in [5, 5.41) is 10.9. The summed E-state index contributed by atoms with van der Waals surface area (Å²) >= 11 is 0. The molecule has 2 atom stereocenters. The fourth-order valence-electron chi connectivity index (χ4n) is 3.64. The fourth-order valence-corrected chi connectivity index (χ4v) is 3.64. The van der Waals surface area contributed by atoms with E-state index in [4.69, 9.17) is 5.73 Å². The lowest BCUT2D eigenvalue weighted by atomic mass is 9.67. The predicted molar refractivity (Wildman–Crippen MR) is 67.2 cm³/mol. The lowest BCUT2D eigenvalue weighted by Gasteiger charge is -2.47. The van der Waals surface area contributed by atoms with Gasteiger partial charge in [0.2, 0.25) is 0 Å². The molecule has 2 nitrogen and oxygen atoms in total. The van der Waals surface area contributed by atoms with Crippen molar-refractivity contribution in [2.75, 3.05) is 0 Å². The van der Waals surface area contributed by atoms with Crippen LogP contribution in [-0.4, -0.2) is 16.2 Å². The summed E-state index contributed by atoms with van der Waals surface area (Å²) in [4.78, 5) is 0. The van der Waals surface area contributed by atoms with Gasteiger partial charge in [-0.05, 0) is 38.0 Å². The highest BCUT2D eigenvalue weighted by Gasteiger charge is 2.47. The van der Waals surface area contributed by atoms with Gasteiger partial charge in [0.1, 0.15) is 0 Å². The summed E-state index contributed by atoms with van der Waals surface area (Å²) in [6.07, 6.45) is 11.2. The van der Waals surface area contributed by atoms with Gasteiger partial charge in [-0.15, -0.1) is 0 Å². The summed E-state index contributed by atoms with van der Waals surface area (Å²) < 4.78 is 0. The maximum absolute atomic E-state index is 10.9. The summed E-state index contributed by atoms with van der Waals surface area (Å²) in [5.74, 6) is 0.765. The largest absolute Gasteiger partial charge is 0.388 e. The van der Waals surface area contributed by atoms with Crippen molar-refractivity contribution in [3.8, 4) is 0 Å². The van der Waals surface area contributed by atoms with E-state index in [0.29, 0.717) is 0 Å². The molecule has 0 amide bonds. The van der Waals surface area contributed by atoms with Gasteiger partial charge in [0, 0.05) is 5.54 Å². The Kier molecular flexibility index (Phi) is 3.60. The van der Waals surface area contributed by atoms with Gasteiger partial charge in [0.25, 0.3) is 0 Å². The zero-order valence-electron chi connectivity index (χ0n) is 10.7. The highest BCUT2D eigenvalue weighted by atomic mass is 16.3. The molecule has 0 aromatic carbocycles. The second-order valence-electron chi connectivity index (χ2n) is 6.28. The highest BCUT2D eigenvalue weighted by Crippen LogP contribution is 2.43. The van der Waals surface area contributed by atoms with Crippen LogP contribution in [-0.2, 0) is 0 Å². The molecule has 2 aliphatic carbocycles. The maximum atomic E-state index is 10.9. The molecule has 2 aliphatic rings. The normalized spacial score (nSPS) is 40.3. The van der Waals surface area contributed by atoms with E-state index in [1.807, 2.05) is 0 Å². The molecule has 2 saturated carbocycles. The number of aliphatic hydroxyl groups is 1. The zero-order valence-corrected chi connectivity index (χ0v) is 10.7. The first-order valence-electron chi connectivity index (χ1n) is 7.07. The minimum Gasteiger partial charge on any atom is -0.388 e. The Hall–Kier alpha value is -0.0800. The predicted octanol–water partition coefficient (Wildman–Crippen LogP) is 2.98. The van der Waals surface area contributed by atoms with Crippen LogP contribution in [0, 0.1) is 5.92 Å². The van der Waals surface area contributed by atoms with E-state index in [2.05, 4.69) is 6.92 Å². The average molecular weight is 225 g/mol. The van der Waals surface area contributed by atoms with Crippen LogP contribution in [0.3, 0.4) is 0 Å². The zero-order chi connectivity index (χ0) is 11.6. The molecule has 2 fully saturated rings. The Bertz CT molecular complexity index is 235. The Morgan fingerprint density at radius 1 is 0.938 bits per heavy atom. The summed E-state index contributed by atoms with van der Waals surface area (Å²) in [6, 6.07) is 0. The molecule has 0 radical (unpaired) electrons. The molecule has 2 unspecified atom stereocenters.